The van der Waals surface area contributed by atoms with Crippen molar-refractivity contribution >= 4 is 5.97 Å². The van der Waals surface area contributed by atoms with Gasteiger partial charge in [-0.1, -0.05) is 50.3 Å². The zero-order valence-corrected chi connectivity index (χ0v) is 12.5. The van der Waals surface area contributed by atoms with Crippen LogP contribution in [0.4, 0.5) is 0 Å². The Morgan fingerprint density at radius 3 is 2.50 bits per heavy atom. The van der Waals surface area contributed by atoms with Crippen LogP contribution in [0.5, 0.6) is 0 Å². The lowest BCUT2D eigenvalue weighted by Gasteiger charge is -2.19. The zero-order chi connectivity index (χ0) is 14.8. The average Bonchev–Trinajstić information content (AvgIpc) is 2.50. The molecule has 20 heavy (non-hydrogen) atoms. The summed E-state index contributed by atoms with van der Waals surface area (Å²) >= 11 is 0. The molecule has 0 spiro atoms. The number of nitrogens with zero attached hydrogens (tertiary/aromatic N) is 1. The molecule has 0 heterocycles. The smallest absolute Gasteiger partial charge is 0.313 e. The van der Waals surface area contributed by atoms with Crippen LogP contribution in [0.1, 0.15) is 31.7 Å². The van der Waals surface area contributed by atoms with Crippen molar-refractivity contribution in [2.45, 2.75) is 26.2 Å². The number of rotatable bonds is 9. The van der Waals surface area contributed by atoms with Gasteiger partial charge in [-0.2, -0.15) is 0 Å². The predicted molar refractivity (Wildman–Crippen MR) is 82.7 cm³/mol. The Hall–Kier alpha value is -1.61. The van der Waals surface area contributed by atoms with Gasteiger partial charge in [0.15, 0.2) is 0 Å². The van der Waals surface area contributed by atoms with Crippen molar-refractivity contribution in [2.75, 3.05) is 26.2 Å². The molecular weight excluding hydrogens is 250 g/mol. The van der Waals surface area contributed by atoms with Crippen LogP contribution in [0.25, 0.3) is 0 Å². The number of esters is 1. The van der Waals surface area contributed by atoms with Crippen molar-refractivity contribution in [1.82, 2.24) is 4.90 Å². The minimum absolute atomic E-state index is 0.164. The molecule has 0 saturated carbocycles. The van der Waals surface area contributed by atoms with Crippen LogP contribution in [0, 0.1) is 0 Å². The molecule has 0 saturated heterocycles. The van der Waals surface area contributed by atoms with Gasteiger partial charge >= 0.3 is 5.97 Å². The summed E-state index contributed by atoms with van der Waals surface area (Å²) in [4.78, 5) is 14.4. The summed E-state index contributed by atoms with van der Waals surface area (Å²) in [5.41, 5.74) is 0.986. The van der Waals surface area contributed by atoms with Crippen LogP contribution >= 0.6 is 0 Å². The van der Waals surface area contributed by atoms with E-state index in [1.807, 2.05) is 30.3 Å². The van der Waals surface area contributed by atoms with Gasteiger partial charge in [-0.05, 0) is 25.1 Å². The maximum absolute atomic E-state index is 12.2. The first-order valence-corrected chi connectivity index (χ1v) is 7.27. The molecule has 3 heteroatoms. The Balaban J connectivity index is 2.55. The molecule has 0 bridgehead atoms. The number of likely N-dealkylation sites (N-methyl/N-ethyl adjacent to an activating group) is 1. The molecule has 0 fully saturated rings. The summed E-state index contributed by atoms with van der Waals surface area (Å²) in [7, 11) is 0. The minimum atomic E-state index is -0.245. The Kier molecular flexibility index (Phi) is 7.66. The number of benzene rings is 1. The lowest BCUT2D eigenvalue weighted by atomic mass is 9.96. The number of carbonyl (C=O) groups excluding carboxylic acids is 1. The molecule has 110 valence electrons. The fourth-order valence-electron chi connectivity index (χ4n) is 2.14. The van der Waals surface area contributed by atoms with E-state index in [1.165, 1.54) is 0 Å². The minimum Gasteiger partial charge on any atom is -0.464 e. The van der Waals surface area contributed by atoms with Crippen molar-refractivity contribution in [3.05, 3.63) is 48.6 Å². The first-order valence-electron chi connectivity index (χ1n) is 7.27. The monoisotopic (exact) mass is 275 g/mol. The van der Waals surface area contributed by atoms with Crippen molar-refractivity contribution in [1.29, 1.82) is 0 Å². The van der Waals surface area contributed by atoms with E-state index < -0.39 is 0 Å². The molecule has 0 radical (unpaired) electrons. The second kappa shape index (κ2) is 9.32. The third kappa shape index (κ3) is 5.17. The predicted octanol–water partition coefficient (Wildman–Crippen LogP) is 3.23. The zero-order valence-electron chi connectivity index (χ0n) is 12.5. The summed E-state index contributed by atoms with van der Waals surface area (Å²) in [6, 6.07) is 9.74. The highest BCUT2D eigenvalue weighted by atomic mass is 16.5. The maximum Gasteiger partial charge on any atom is 0.313 e. The highest BCUT2D eigenvalue weighted by molar-refractivity contribution is 5.78. The van der Waals surface area contributed by atoms with Crippen molar-refractivity contribution in [2.24, 2.45) is 0 Å². The van der Waals surface area contributed by atoms with Gasteiger partial charge in [0.25, 0.3) is 0 Å². The molecule has 1 aromatic rings. The highest BCUT2D eigenvalue weighted by Crippen LogP contribution is 2.21. The van der Waals surface area contributed by atoms with Crippen LogP contribution in [0.2, 0.25) is 0 Å². The largest absolute Gasteiger partial charge is 0.464 e. The Labute approximate surface area is 122 Å². The summed E-state index contributed by atoms with van der Waals surface area (Å²) < 4.78 is 5.42. The molecule has 0 aliphatic heterocycles. The van der Waals surface area contributed by atoms with E-state index in [2.05, 4.69) is 25.3 Å². The molecule has 1 aromatic carbocycles. The van der Waals surface area contributed by atoms with E-state index >= 15 is 0 Å². The van der Waals surface area contributed by atoms with Crippen LogP contribution in [-0.4, -0.2) is 37.1 Å². The van der Waals surface area contributed by atoms with E-state index in [-0.39, 0.29) is 11.9 Å². The van der Waals surface area contributed by atoms with Gasteiger partial charge < -0.3 is 9.64 Å². The second-order valence-electron chi connectivity index (χ2n) is 4.68. The highest BCUT2D eigenvalue weighted by Gasteiger charge is 2.20. The fourth-order valence-corrected chi connectivity index (χ4v) is 2.14. The van der Waals surface area contributed by atoms with Gasteiger partial charge in [-0.3, -0.25) is 4.79 Å². The van der Waals surface area contributed by atoms with E-state index in [9.17, 15) is 4.79 Å². The quantitative estimate of drug-likeness (QED) is 0.512. The van der Waals surface area contributed by atoms with Crippen molar-refractivity contribution < 1.29 is 9.53 Å². The Morgan fingerprint density at radius 1 is 1.30 bits per heavy atom. The molecule has 0 aromatic heterocycles. The first-order chi connectivity index (χ1) is 9.72. The van der Waals surface area contributed by atoms with E-state index in [0.29, 0.717) is 13.0 Å². The first kappa shape index (κ1) is 16.4. The number of ether oxygens (including phenoxy) is 1. The average molecular weight is 275 g/mol. The van der Waals surface area contributed by atoms with Gasteiger partial charge in [0, 0.05) is 6.54 Å². The lowest BCUT2D eigenvalue weighted by molar-refractivity contribution is -0.145. The number of hydrogen-bond donors (Lipinski definition) is 0. The van der Waals surface area contributed by atoms with E-state index in [1.54, 1.807) is 6.08 Å². The van der Waals surface area contributed by atoms with Gasteiger partial charge in [0.1, 0.15) is 6.61 Å². The Bertz CT molecular complexity index is 399. The van der Waals surface area contributed by atoms with Gasteiger partial charge in [0.05, 0.1) is 5.92 Å². The summed E-state index contributed by atoms with van der Waals surface area (Å²) in [5.74, 6) is -0.409. The van der Waals surface area contributed by atoms with Gasteiger partial charge in [-0.15, -0.1) is 6.58 Å². The molecule has 1 unspecified atom stereocenters. The standard InChI is InChI=1S/C17H25NO2/c1-4-10-16(15-11-8-7-9-12-15)17(19)20-14-13-18(5-2)6-3/h4,7-9,11-12,16H,1,5-6,10,13-14H2,2-3H3. The normalized spacial score (nSPS) is 12.2. The summed E-state index contributed by atoms with van der Waals surface area (Å²) in [5, 5.41) is 0. The van der Waals surface area contributed by atoms with Crippen LogP contribution in [-0.2, 0) is 9.53 Å². The van der Waals surface area contributed by atoms with Crippen LogP contribution < -0.4 is 0 Å². The fraction of sp³-hybridized carbons (Fsp3) is 0.471. The third-order valence-corrected chi connectivity index (χ3v) is 3.44. The molecule has 1 rings (SSSR count). The van der Waals surface area contributed by atoms with Crippen molar-refractivity contribution in [3.8, 4) is 0 Å². The Morgan fingerprint density at radius 2 is 1.95 bits per heavy atom. The lowest BCUT2D eigenvalue weighted by Crippen LogP contribution is -2.28. The molecular formula is C17H25NO2. The van der Waals surface area contributed by atoms with Crippen molar-refractivity contribution in [3.63, 3.8) is 0 Å². The van der Waals surface area contributed by atoms with E-state index in [4.69, 9.17) is 4.74 Å². The number of hydrogen-bond acceptors (Lipinski definition) is 3. The molecule has 1 atom stereocenters. The number of carbonyl (C=O) groups is 1. The molecule has 3 nitrogen and oxygen atoms in total. The van der Waals surface area contributed by atoms with Crippen LogP contribution in [0.3, 0.4) is 0 Å². The van der Waals surface area contributed by atoms with E-state index in [0.717, 1.165) is 25.2 Å². The molecule has 0 aliphatic carbocycles. The number of allylic oxidation sites excluding steroid dienone is 1. The summed E-state index contributed by atoms with van der Waals surface area (Å²) in [6.45, 7) is 11.1. The topological polar surface area (TPSA) is 29.5 Å². The van der Waals surface area contributed by atoms with Gasteiger partial charge in [-0.25, -0.2) is 0 Å². The molecule has 0 amide bonds. The second-order valence-corrected chi connectivity index (χ2v) is 4.68. The van der Waals surface area contributed by atoms with Gasteiger partial charge in [0.2, 0.25) is 0 Å². The molecule has 0 aliphatic rings. The molecule has 0 N–H and O–H groups in total. The van der Waals surface area contributed by atoms with Crippen LogP contribution in [0.15, 0.2) is 43.0 Å². The SMILES string of the molecule is C=CCC(C(=O)OCCN(CC)CC)c1ccccc1. The third-order valence-electron chi connectivity index (χ3n) is 3.44. The maximum atomic E-state index is 12.2. The summed E-state index contributed by atoms with van der Waals surface area (Å²) in [6.07, 6.45) is 2.37.